The zero-order valence-corrected chi connectivity index (χ0v) is 48.3. The van der Waals surface area contributed by atoms with Crippen LogP contribution in [0, 0.1) is 36.5 Å². The van der Waals surface area contributed by atoms with Gasteiger partial charge in [-0.05, 0) is 124 Å². The summed E-state index contributed by atoms with van der Waals surface area (Å²) in [5.74, 6) is 8.32. The second kappa shape index (κ2) is 24.0. The van der Waals surface area contributed by atoms with E-state index in [0.717, 1.165) is 142 Å². The van der Waals surface area contributed by atoms with E-state index in [2.05, 4.69) is 74.2 Å². The van der Waals surface area contributed by atoms with E-state index in [9.17, 15) is 19.8 Å². The maximum Gasteiger partial charge on any atom is 0.243 e. The van der Waals surface area contributed by atoms with Crippen molar-refractivity contribution in [1.82, 2.24) is 40.4 Å². The molecule has 1 aliphatic carbocycles. The van der Waals surface area contributed by atoms with Crippen molar-refractivity contribution in [3.63, 3.8) is 0 Å². The van der Waals surface area contributed by atoms with Gasteiger partial charge in [-0.2, -0.15) is 0 Å². The fourth-order valence-corrected chi connectivity index (χ4v) is 14.3. The highest BCUT2D eigenvalue weighted by Gasteiger charge is 2.45. The van der Waals surface area contributed by atoms with Gasteiger partial charge < -0.3 is 55.0 Å². The molecule has 0 spiro atoms. The smallest absolute Gasteiger partial charge is 0.243 e. The molecule has 0 radical (unpaired) electrons. The fraction of sp³-hybridized carbons (Fsp3) is 0.508. The lowest BCUT2D eigenvalue weighted by atomic mass is 9.82. The Morgan fingerprint density at radius 3 is 2.34 bits per heavy atom. The van der Waals surface area contributed by atoms with Crippen LogP contribution in [0.5, 0.6) is 5.75 Å². The number of likely N-dealkylation sites (tertiary alicyclic amines) is 2. The van der Waals surface area contributed by atoms with Crippen molar-refractivity contribution in [3.05, 3.63) is 107 Å². The summed E-state index contributed by atoms with van der Waals surface area (Å²) in [6.45, 7) is 14.5. The third-order valence-electron chi connectivity index (χ3n) is 18.1. The number of nitrogen functional groups attached to an aromatic ring is 1. The van der Waals surface area contributed by atoms with Gasteiger partial charge in [-0.1, -0.05) is 61.3 Å². The highest BCUT2D eigenvalue weighted by molar-refractivity contribution is 7.13. The minimum atomic E-state index is -0.801. The van der Waals surface area contributed by atoms with E-state index >= 15 is 0 Å². The van der Waals surface area contributed by atoms with Crippen LogP contribution in [-0.2, 0) is 14.3 Å². The summed E-state index contributed by atoms with van der Waals surface area (Å²) in [6, 6.07) is 22.9. The Labute approximate surface area is 484 Å². The Morgan fingerprint density at radius 2 is 1.62 bits per heavy atom. The van der Waals surface area contributed by atoms with Gasteiger partial charge in [-0.25, -0.2) is 9.97 Å². The van der Waals surface area contributed by atoms with Crippen molar-refractivity contribution >= 4 is 46.2 Å². The minimum absolute atomic E-state index is 0.0860. The lowest BCUT2D eigenvalue weighted by Crippen LogP contribution is -2.54. The number of aliphatic hydroxyl groups excluding tert-OH is 1. The number of aryl methyl sites for hydroxylation is 1. The van der Waals surface area contributed by atoms with Crippen LogP contribution < -0.4 is 25.8 Å². The Balaban J connectivity index is 0.565. The van der Waals surface area contributed by atoms with Crippen LogP contribution in [-0.4, -0.2) is 146 Å². The van der Waals surface area contributed by atoms with Crippen molar-refractivity contribution in [2.75, 3.05) is 72.8 Å². The number of nitrogens with zero attached hydrogens (tertiary/aromatic N) is 10. The number of rotatable bonds is 15. The Hall–Kier alpha value is -7.11. The number of aromatic nitrogens is 5. The number of nitrogens with one attached hydrogen (secondary N) is 1. The molecule has 6 fully saturated rings. The monoisotopic (exact) mass is 1130 g/mol. The number of piperazine rings is 1. The molecule has 5 aliphatic heterocycles. The first-order chi connectivity index (χ1) is 39.8. The summed E-state index contributed by atoms with van der Waals surface area (Å²) in [4.78, 5) is 49.7. The number of nitrogens with two attached hydrogens (primary N) is 1. The third-order valence-corrected chi connectivity index (χ3v) is 19.1. The maximum atomic E-state index is 14.4. The first kappa shape index (κ1) is 55.4. The third kappa shape index (κ3) is 11.9. The van der Waals surface area contributed by atoms with E-state index in [1.54, 1.807) is 28.4 Å². The summed E-state index contributed by atoms with van der Waals surface area (Å²) in [5, 5.41) is 37.5. The fourth-order valence-electron chi connectivity index (χ4n) is 13.5. The lowest BCUT2D eigenvalue weighted by Gasteiger charge is -2.43. The number of anilines is 4. The second-order valence-corrected chi connectivity index (χ2v) is 24.9. The van der Waals surface area contributed by atoms with Gasteiger partial charge in [0, 0.05) is 100 Å². The van der Waals surface area contributed by atoms with Gasteiger partial charge in [0.15, 0.2) is 17.4 Å². The van der Waals surface area contributed by atoms with Gasteiger partial charge in [0.25, 0.3) is 0 Å². The number of fused-ring (bicyclic) bond motifs is 2. The number of ether oxygens (including phenoxy) is 1. The number of amides is 2. The zero-order chi connectivity index (χ0) is 56.6. The average Bonchev–Trinajstić information content (AvgIpc) is 3.93. The number of hydrogen-bond donors (Lipinski definition) is 4. The molecule has 2 aromatic carbocycles. The Bertz CT molecular complexity index is 3270. The number of benzene rings is 2. The molecule has 12 rings (SSSR count). The molecule has 6 aliphatic rings. The maximum absolute atomic E-state index is 14.4. The Kier molecular flexibility index (Phi) is 16.2. The highest BCUT2D eigenvalue weighted by atomic mass is 32.1. The predicted octanol–water partition coefficient (Wildman–Crippen LogP) is 8.21. The van der Waals surface area contributed by atoms with Crippen molar-refractivity contribution in [2.24, 2.45) is 17.8 Å². The van der Waals surface area contributed by atoms with Gasteiger partial charge in [-0.15, -0.1) is 21.5 Å². The van der Waals surface area contributed by atoms with Crippen molar-refractivity contribution in [3.8, 4) is 39.3 Å². The van der Waals surface area contributed by atoms with E-state index in [0.29, 0.717) is 46.8 Å². The van der Waals surface area contributed by atoms with E-state index in [4.69, 9.17) is 15.0 Å². The topological polar surface area (TPSA) is 216 Å². The largest absolute Gasteiger partial charge is 0.507 e. The molecule has 2 bridgehead atoms. The van der Waals surface area contributed by atoms with Gasteiger partial charge >= 0.3 is 0 Å². The number of phenols is 1. The van der Waals surface area contributed by atoms with E-state index in [1.165, 1.54) is 0 Å². The zero-order valence-electron chi connectivity index (χ0n) is 47.4. The van der Waals surface area contributed by atoms with Crippen LogP contribution >= 0.6 is 11.3 Å². The van der Waals surface area contributed by atoms with Crippen molar-refractivity contribution in [1.29, 1.82) is 0 Å². The van der Waals surface area contributed by atoms with Crippen molar-refractivity contribution in [2.45, 2.75) is 134 Å². The molecule has 6 aromatic rings. The predicted molar refractivity (Wildman–Crippen MR) is 317 cm³/mol. The molecular weight excluding hydrogens is 1050 g/mol. The number of aromatic hydroxyl groups is 1. The molecule has 1 saturated carbocycles. The summed E-state index contributed by atoms with van der Waals surface area (Å²) < 4.78 is 12.6. The average molecular weight is 1130 g/mol. The van der Waals surface area contributed by atoms with Crippen LogP contribution in [0.15, 0.2) is 89.0 Å². The number of carbonyl (C=O) groups excluding carboxylic acids is 2. The summed E-state index contributed by atoms with van der Waals surface area (Å²) in [5.41, 5.74) is 15.3. The molecule has 19 heteroatoms. The normalized spacial score (nSPS) is 24.1. The number of piperidine rings is 2. The van der Waals surface area contributed by atoms with Gasteiger partial charge in [0.1, 0.15) is 23.4 Å². The lowest BCUT2D eigenvalue weighted by molar-refractivity contribution is -0.141. The van der Waals surface area contributed by atoms with Crippen molar-refractivity contribution < 1.29 is 29.1 Å². The SMILES string of the molecule is Cc1ncsc1-c1ccc([C@H](C)NC(=O)[C@@H]2C[C@@H](O)CN2C(=O)[C@@H](c2cc(N3CCC(CN4CCC(OC5CC(C#Cc6cc(N7C8CCC7CN(c7cc(-c9ccccc9O)nnc7N)C8)ccn6)C5)CC4)CC3)no2)C(C)C)cc1. The number of para-hydroxylation sites is 1. The standard InChI is InChI=1S/C63H76N12O6S/c1-38(2)59(63(79)74-36-49(76)30-55(74)62(78)67-39(3)43-10-12-44(13-11-43)60-40(4)66-37-82-60)57-32-58(70-81-57)72-25-18-41(19-26-72)33-71-23-20-50(21-24-71)80-51-27-42(28-51)9-14-45-29-46(17-22-65-45)75-47-15-16-48(75)35-73(34-47)54-31-53(68-69-61(54)64)52-7-5-6-8-56(52)77/h5-8,10-13,17,22,29,31-32,37-39,41-42,47-51,55,59,76-77H,15-16,18-21,23-28,30,33-36H2,1-4H3,(H2,64,69)(H,67,78)/t39-,42?,47?,48?,49+,51?,55-,59+/m0/s1. The first-order valence-corrected chi connectivity index (χ1v) is 30.5. The Morgan fingerprint density at radius 1 is 0.866 bits per heavy atom. The van der Waals surface area contributed by atoms with Gasteiger partial charge in [0.2, 0.25) is 11.8 Å². The number of pyridine rings is 1. The minimum Gasteiger partial charge on any atom is -0.507 e. The van der Waals surface area contributed by atoms with Gasteiger partial charge in [0.05, 0.1) is 51.8 Å². The number of thiazole rings is 1. The number of β-amino-alcohol motifs (C(OH)–C–C–N with tert-alkyl or cyclic N) is 1. The van der Waals surface area contributed by atoms with Crippen LogP contribution in [0.25, 0.3) is 21.7 Å². The summed E-state index contributed by atoms with van der Waals surface area (Å²) in [6.07, 6.45) is 10.1. The molecule has 5 N–H and O–H groups in total. The molecule has 18 nitrogen and oxygen atoms in total. The highest BCUT2D eigenvalue weighted by Crippen LogP contribution is 2.41. The van der Waals surface area contributed by atoms with E-state index in [1.807, 2.05) is 87.9 Å². The molecule has 4 aromatic heterocycles. The van der Waals surface area contributed by atoms with Crippen LogP contribution in [0.1, 0.15) is 113 Å². The molecular formula is C63H76N12O6S. The number of aliphatic hydroxyl groups is 1. The first-order valence-electron chi connectivity index (χ1n) is 29.6. The molecule has 430 valence electrons. The summed E-state index contributed by atoms with van der Waals surface area (Å²) >= 11 is 1.60. The van der Waals surface area contributed by atoms with E-state index in [-0.39, 0.29) is 54.7 Å². The molecule has 2 unspecified atom stereocenters. The quantitative estimate of drug-likeness (QED) is 0.0713. The molecule has 2 amide bonds. The number of carbonyl (C=O) groups is 2. The molecule has 82 heavy (non-hydrogen) atoms. The second-order valence-electron chi connectivity index (χ2n) is 24.1. The molecule has 5 saturated heterocycles. The number of hydrogen-bond acceptors (Lipinski definition) is 17. The number of phenolic OH excluding ortho intramolecular Hbond substituents is 1. The van der Waals surface area contributed by atoms with Crippen LogP contribution in [0.3, 0.4) is 0 Å². The molecule has 9 heterocycles. The van der Waals surface area contributed by atoms with E-state index < -0.39 is 18.1 Å². The van der Waals surface area contributed by atoms with Crippen LogP contribution in [0.2, 0.25) is 0 Å². The molecule has 6 atom stereocenters. The van der Waals surface area contributed by atoms with Gasteiger partial charge in [-0.3, -0.25) is 9.59 Å². The summed E-state index contributed by atoms with van der Waals surface area (Å²) in [7, 11) is 0. The van der Waals surface area contributed by atoms with Crippen LogP contribution in [0.4, 0.5) is 23.0 Å².